The third kappa shape index (κ3) is 4.82. The van der Waals surface area contributed by atoms with Crippen LogP contribution >= 0.6 is 11.3 Å². The van der Waals surface area contributed by atoms with E-state index < -0.39 is 24.3 Å². The second-order valence-electron chi connectivity index (χ2n) is 5.55. The third-order valence-corrected chi connectivity index (χ3v) is 4.44. The largest absolute Gasteiger partial charge is 0.462 e. The summed E-state index contributed by atoms with van der Waals surface area (Å²) >= 11 is 1.25. The molecule has 2 aromatic heterocycles. The lowest BCUT2D eigenvalue weighted by Gasteiger charge is -2.04. The van der Waals surface area contributed by atoms with E-state index >= 15 is 0 Å². The Bertz CT molecular complexity index is 868. The highest BCUT2D eigenvalue weighted by Gasteiger charge is 2.24. The van der Waals surface area contributed by atoms with Crippen LogP contribution in [0.3, 0.4) is 0 Å². The molecule has 2 N–H and O–H groups in total. The first-order chi connectivity index (χ1) is 12.9. The topological polar surface area (TPSA) is 110 Å². The quantitative estimate of drug-likeness (QED) is 0.384. The van der Waals surface area contributed by atoms with Crippen molar-refractivity contribution in [2.75, 3.05) is 25.1 Å². The van der Waals surface area contributed by atoms with E-state index in [4.69, 9.17) is 9.47 Å². The lowest BCUT2D eigenvalue weighted by atomic mass is 10.1. The number of nitrogens with one attached hydrogen (secondary N) is 2. The summed E-state index contributed by atoms with van der Waals surface area (Å²) in [5.74, 6) is -1.64. The first kappa shape index (κ1) is 20.4. The monoisotopic (exact) mass is 391 g/mol. The van der Waals surface area contributed by atoms with E-state index in [1.54, 1.807) is 32.2 Å². The van der Waals surface area contributed by atoms with Crippen LogP contribution in [0.25, 0.3) is 0 Å². The summed E-state index contributed by atoms with van der Waals surface area (Å²) in [7, 11) is 0. The number of aryl methyl sites for hydroxylation is 1. The maximum Gasteiger partial charge on any atom is 0.358 e. The van der Waals surface area contributed by atoms with E-state index in [2.05, 4.69) is 21.9 Å². The van der Waals surface area contributed by atoms with Gasteiger partial charge < -0.3 is 19.8 Å². The summed E-state index contributed by atoms with van der Waals surface area (Å²) in [5, 5.41) is 5.06. The van der Waals surface area contributed by atoms with Crippen molar-refractivity contribution in [3.63, 3.8) is 0 Å². The molecule has 27 heavy (non-hydrogen) atoms. The molecule has 2 aromatic rings. The lowest BCUT2D eigenvalue weighted by molar-refractivity contribution is 0.0467. The molecule has 2 heterocycles. The molecule has 0 bridgehead atoms. The van der Waals surface area contributed by atoms with Crippen LogP contribution in [0.1, 0.15) is 49.5 Å². The molecule has 0 radical (unpaired) electrons. The van der Waals surface area contributed by atoms with Gasteiger partial charge in [-0.25, -0.2) is 14.6 Å². The van der Waals surface area contributed by atoms with Gasteiger partial charge in [-0.1, -0.05) is 6.08 Å². The number of hydrogen-bond donors (Lipinski definition) is 2. The number of thiazole rings is 1. The van der Waals surface area contributed by atoms with Gasteiger partial charge in [-0.3, -0.25) is 4.79 Å². The summed E-state index contributed by atoms with van der Waals surface area (Å²) in [6, 6.07) is 0. The van der Waals surface area contributed by atoms with Crippen LogP contribution in [0.4, 0.5) is 5.13 Å². The Morgan fingerprint density at radius 3 is 2.70 bits per heavy atom. The third-order valence-electron chi connectivity index (χ3n) is 3.64. The van der Waals surface area contributed by atoms with Crippen molar-refractivity contribution >= 4 is 34.2 Å². The molecule has 2 rings (SSSR count). The van der Waals surface area contributed by atoms with Gasteiger partial charge in [-0.15, -0.1) is 17.9 Å². The number of aromatic amines is 1. The number of anilines is 1. The molecule has 144 valence electrons. The Morgan fingerprint density at radius 2 is 2.04 bits per heavy atom. The van der Waals surface area contributed by atoms with Gasteiger partial charge >= 0.3 is 11.9 Å². The van der Waals surface area contributed by atoms with E-state index in [0.29, 0.717) is 28.5 Å². The van der Waals surface area contributed by atoms with Crippen LogP contribution < -0.4 is 5.32 Å². The molecule has 9 heteroatoms. The first-order valence-electron chi connectivity index (χ1n) is 8.25. The maximum absolute atomic E-state index is 12.4. The number of Topliss-reactive ketones (excluding diaryl/α,β-unsaturated/α-hetero) is 1. The number of aromatic nitrogens is 2. The number of ether oxygens (including phenoxy) is 2. The van der Waals surface area contributed by atoms with Gasteiger partial charge in [0.15, 0.2) is 17.4 Å². The molecule has 0 aliphatic carbocycles. The Kier molecular flexibility index (Phi) is 6.89. The van der Waals surface area contributed by atoms with E-state index in [1.807, 2.05) is 0 Å². The number of H-pyrrole nitrogens is 1. The fraction of sp³-hybridized carbons (Fsp3) is 0.333. The van der Waals surface area contributed by atoms with Crippen LogP contribution in [-0.2, 0) is 9.47 Å². The predicted molar refractivity (Wildman–Crippen MR) is 102 cm³/mol. The molecule has 0 amide bonds. The Balaban J connectivity index is 2.02. The molecule has 0 saturated heterocycles. The standard InChI is InChI=1S/C18H21N3O5S/c1-5-7-19-18-21-12(9-27-18)16(23)26-8-13(22)15-10(3)14(11(4)20-15)17(24)25-6-2/h5,9,20H,1,6-8H2,2-4H3,(H,19,21). The van der Waals surface area contributed by atoms with Crippen molar-refractivity contribution in [3.8, 4) is 0 Å². The minimum atomic E-state index is -0.696. The summed E-state index contributed by atoms with van der Waals surface area (Å²) < 4.78 is 10.0. The molecular formula is C18H21N3O5S. The van der Waals surface area contributed by atoms with E-state index in [-0.39, 0.29) is 18.0 Å². The zero-order valence-electron chi connectivity index (χ0n) is 15.4. The predicted octanol–water partition coefficient (Wildman–Crippen LogP) is 2.90. The van der Waals surface area contributed by atoms with E-state index in [0.717, 1.165) is 0 Å². The zero-order chi connectivity index (χ0) is 20.0. The van der Waals surface area contributed by atoms with Crippen LogP contribution in [0.5, 0.6) is 0 Å². The Morgan fingerprint density at radius 1 is 1.30 bits per heavy atom. The second kappa shape index (κ2) is 9.13. The van der Waals surface area contributed by atoms with Crippen molar-refractivity contribution in [1.82, 2.24) is 9.97 Å². The fourth-order valence-electron chi connectivity index (χ4n) is 2.42. The molecule has 0 fully saturated rings. The number of esters is 2. The molecule has 0 atom stereocenters. The van der Waals surface area contributed by atoms with Crippen LogP contribution in [-0.4, -0.2) is 47.4 Å². The number of rotatable bonds is 9. The SMILES string of the molecule is C=CCNc1nc(C(=O)OCC(=O)c2[nH]c(C)c(C(=O)OCC)c2C)cs1. The van der Waals surface area contributed by atoms with Gasteiger partial charge in [-0.2, -0.15) is 0 Å². The van der Waals surface area contributed by atoms with Crippen molar-refractivity contribution < 1.29 is 23.9 Å². The lowest BCUT2D eigenvalue weighted by Crippen LogP contribution is -2.16. The number of ketones is 1. The van der Waals surface area contributed by atoms with Gasteiger partial charge in [0, 0.05) is 17.6 Å². The molecule has 0 spiro atoms. The number of nitrogens with zero attached hydrogens (tertiary/aromatic N) is 1. The average Bonchev–Trinajstić information content (AvgIpc) is 3.22. The van der Waals surface area contributed by atoms with Crippen molar-refractivity contribution in [3.05, 3.63) is 46.2 Å². The molecule has 0 aliphatic heterocycles. The second-order valence-corrected chi connectivity index (χ2v) is 6.41. The van der Waals surface area contributed by atoms with Crippen molar-refractivity contribution in [1.29, 1.82) is 0 Å². The smallest absolute Gasteiger partial charge is 0.358 e. The maximum atomic E-state index is 12.4. The highest BCUT2D eigenvalue weighted by molar-refractivity contribution is 7.13. The average molecular weight is 391 g/mol. The molecule has 0 unspecified atom stereocenters. The van der Waals surface area contributed by atoms with Crippen molar-refractivity contribution in [2.24, 2.45) is 0 Å². The first-order valence-corrected chi connectivity index (χ1v) is 9.13. The van der Waals surface area contributed by atoms with E-state index in [9.17, 15) is 14.4 Å². The minimum Gasteiger partial charge on any atom is -0.462 e. The Hall–Kier alpha value is -2.94. The summed E-state index contributed by atoms with van der Waals surface area (Å²) in [4.78, 5) is 43.4. The van der Waals surface area contributed by atoms with Gasteiger partial charge in [0.2, 0.25) is 5.78 Å². The normalized spacial score (nSPS) is 10.3. The molecule has 8 nitrogen and oxygen atoms in total. The molecule has 0 aliphatic rings. The highest BCUT2D eigenvalue weighted by Crippen LogP contribution is 2.20. The van der Waals surface area contributed by atoms with Gasteiger partial charge in [-0.05, 0) is 26.3 Å². The van der Waals surface area contributed by atoms with E-state index in [1.165, 1.54) is 11.3 Å². The highest BCUT2D eigenvalue weighted by atomic mass is 32.1. The molecular weight excluding hydrogens is 370 g/mol. The van der Waals surface area contributed by atoms with Crippen LogP contribution in [0.2, 0.25) is 0 Å². The summed E-state index contributed by atoms with van der Waals surface area (Å²) in [6.07, 6.45) is 1.67. The Labute approximate surface area is 160 Å². The fourth-order valence-corrected chi connectivity index (χ4v) is 3.11. The van der Waals surface area contributed by atoms with Crippen LogP contribution in [0.15, 0.2) is 18.0 Å². The zero-order valence-corrected chi connectivity index (χ0v) is 16.2. The van der Waals surface area contributed by atoms with Crippen molar-refractivity contribution in [2.45, 2.75) is 20.8 Å². The van der Waals surface area contributed by atoms with Gasteiger partial charge in [0.1, 0.15) is 0 Å². The van der Waals surface area contributed by atoms with Crippen LogP contribution in [0, 0.1) is 13.8 Å². The number of hydrogen-bond acceptors (Lipinski definition) is 8. The van der Waals surface area contributed by atoms with Gasteiger partial charge in [0.25, 0.3) is 0 Å². The van der Waals surface area contributed by atoms with Gasteiger partial charge in [0.05, 0.1) is 17.9 Å². The summed E-state index contributed by atoms with van der Waals surface area (Å²) in [5.41, 5.74) is 1.65. The number of carbonyl (C=O) groups is 3. The minimum absolute atomic E-state index is 0.117. The molecule has 0 aromatic carbocycles. The number of carbonyl (C=O) groups excluding carboxylic acids is 3. The molecule has 0 saturated carbocycles. The summed E-state index contributed by atoms with van der Waals surface area (Å²) in [6.45, 7) is 8.90.